The molecule has 0 aliphatic heterocycles. The molecule has 0 saturated carbocycles. The maximum absolute atomic E-state index is 12.9. The average Bonchev–Trinajstić information content (AvgIpc) is 2.85. The van der Waals surface area contributed by atoms with Gasteiger partial charge in [0, 0.05) is 0 Å². The number of amides is 1. The molecule has 0 saturated heterocycles. The van der Waals surface area contributed by atoms with Gasteiger partial charge in [0.25, 0.3) is 0 Å². The lowest BCUT2D eigenvalue weighted by atomic mass is 10.1. The maximum atomic E-state index is 12.9. The Balaban J connectivity index is 2.45. The van der Waals surface area contributed by atoms with Crippen LogP contribution in [0.15, 0.2) is 72.1 Å². The number of rotatable bonds is 13. The molecule has 7 heteroatoms. The highest BCUT2D eigenvalue weighted by molar-refractivity contribution is 5.92. The number of esters is 1. The Kier molecular flexibility index (Phi) is 12.0. The quantitative estimate of drug-likeness (QED) is 0.152. The minimum atomic E-state index is -0.779. The molecule has 196 valence electrons. The van der Waals surface area contributed by atoms with E-state index in [2.05, 4.69) is 12.2 Å². The van der Waals surface area contributed by atoms with Crippen molar-refractivity contribution in [3.05, 3.63) is 83.2 Å². The number of carbonyl (C=O) groups excluding carboxylic acids is 2. The monoisotopic (exact) mass is 497 g/mol. The van der Waals surface area contributed by atoms with E-state index in [4.69, 9.17) is 18.9 Å². The summed E-state index contributed by atoms with van der Waals surface area (Å²) in [5, 5.41) is 2.57. The van der Waals surface area contributed by atoms with Crippen LogP contribution >= 0.6 is 0 Å². The fraction of sp³-hybridized carbons (Fsp3) is 0.448. The van der Waals surface area contributed by atoms with Gasteiger partial charge in [-0.05, 0) is 38.3 Å². The molecule has 1 N–H and O–H groups in total. The van der Waals surface area contributed by atoms with E-state index in [0.29, 0.717) is 13.0 Å². The van der Waals surface area contributed by atoms with E-state index in [0.717, 1.165) is 30.4 Å². The normalized spacial score (nSPS) is 12.8. The molecule has 2 aromatic carbocycles. The molecule has 1 amide bonds. The van der Waals surface area contributed by atoms with Gasteiger partial charge in [-0.1, -0.05) is 86.8 Å². The average molecular weight is 498 g/mol. The van der Waals surface area contributed by atoms with E-state index in [-0.39, 0.29) is 18.1 Å². The largest absolute Gasteiger partial charge is 0.488 e. The van der Waals surface area contributed by atoms with E-state index in [1.165, 1.54) is 7.11 Å². The van der Waals surface area contributed by atoms with Crippen molar-refractivity contribution in [2.24, 2.45) is 0 Å². The molecule has 2 aromatic rings. The van der Waals surface area contributed by atoms with Crippen molar-refractivity contribution in [3.8, 4) is 0 Å². The van der Waals surface area contributed by atoms with Crippen LogP contribution in [0.2, 0.25) is 0 Å². The second-order valence-electron chi connectivity index (χ2n) is 9.41. The minimum absolute atomic E-state index is 0.128. The zero-order chi connectivity index (χ0) is 26.4. The molecule has 0 aliphatic rings. The Morgan fingerprint density at radius 3 is 2.00 bits per heavy atom. The summed E-state index contributed by atoms with van der Waals surface area (Å²) in [4.78, 5) is 25.5. The van der Waals surface area contributed by atoms with Crippen LogP contribution in [-0.4, -0.2) is 30.9 Å². The lowest BCUT2D eigenvalue weighted by molar-refractivity contribution is -0.137. The van der Waals surface area contributed by atoms with Crippen LogP contribution in [0, 0.1) is 0 Å². The van der Waals surface area contributed by atoms with Gasteiger partial charge in [-0.25, -0.2) is 9.59 Å². The molecule has 36 heavy (non-hydrogen) atoms. The molecule has 1 unspecified atom stereocenters. The van der Waals surface area contributed by atoms with Crippen LogP contribution in [0.4, 0.5) is 4.79 Å². The lowest BCUT2D eigenvalue weighted by Crippen LogP contribution is -2.37. The fourth-order valence-electron chi connectivity index (χ4n) is 3.42. The SMILES string of the molecule is CCCCCC(OCc1ccccc1)C(OCc1ccccc1)=C(NC(=O)OC(C)(C)C)C(=O)OC. The summed E-state index contributed by atoms with van der Waals surface area (Å²) in [7, 11) is 1.25. The molecule has 0 fully saturated rings. The minimum Gasteiger partial charge on any atom is -0.488 e. The van der Waals surface area contributed by atoms with Crippen LogP contribution in [0.5, 0.6) is 0 Å². The number of carbonyl (C=O) groups is 2. The molecule has 7 nitrogen and oxygen atoms in total. The van der Waals surface area contributed by atoms with Crippen molar-refractivity contribution in [1.29, 1.82) is 0 Å². The van der Waals surface area contributed by atoms with E-state index in [1.54, 1.807) is 20.8 Å². The molecule has 0 bridgehead atoms. The van der Waals surface area contributed by atoms with Crippen molar-refractivity contribution in [2.75, 3.05) is 7.11 Å². The van der Waals surface area contributed by atoms with E-state index < -0.39 is 23.8 Å². The van der Waals surface area contributed by atoms with E-state index in [9.17, 15) is 9.59 Å². The smallest absolute Gasteiger partial charge is 0.412 e. The van der Waals surface area contributed by atoms with Gasteiger partial charge in [0.1, 0.15) is 18.3 Å². The predicted octanol–water partition coefficient (Wildman–Crippen LogP) is 6.28. The van der Waals surface area contributed by atoms with Crippen LogP contribution in [0.3, 0.4) is 0 Å². The summed E-state index contributed by atoms with van der Waals surface area (Å²) in [5.41, 5.74) is 1.02. The zero-order valence-electron chi connectivity index (χ0n) is 22.0. The standard InChI is InChI=1S/C29H39NO6/c1-6-7-10-19-24(34-20-22-15-11-8-12-16-22)26(35-21-23-17-13-9-14-18-23)25(27(31)33-5)30-28(32)36-29(2,3)4/h8-9,11-18,24H,6-7,10,19-21H2,1-5H3,(H,30,32). The first-order valence-electron chi connectivity index (χ1n) is 12.4. The zero-order valence-corrected chi connectivity index (χ0v) is 22.0. The Labute approximate surface area is 214 Å². The lowest BCUT2D eigenvalue weighted by Gasteiger charge is -2.25. The van der Waals surface area contributed by atoms with Crippen LogP contribution < -0.4 is 5.32 Å². The molecular formula is C29H39NO6. The maximum Gasteiger partial charge on any atom is 0.412 e. The molecule has 0 heterocycles. The van der Waals surface area contributed by atoms with Gasteiger partial charge in [0.05, 0.1) is 13.7 Å². The highest BCUT2D eigenvalue weighted by Crippen LogP contribution is 2.23. The molecule has 0 aromatic heterocycles. The Morgan fingerprint density at radius 1 is 0.889 bits per heavy atom. The first-order valence-corrected chi connectivity index (χ1v) is 12.4. The third-order valence-electron chi connectivity index (χ3n) is 5.16. The summed E-state index contributed by atoms with van der Waals surface area (Å²) in [6.07, 6.45) is 2.10. The first-order chi connectivity index (χ1) is 17.2. The summed E-state index contributed by atoms with van der Waals surface area (Å²) >= 11 is 0. The van der Waals surface area contributed by atoms with E-state index >= 15 is 0 Å². The third kappa shape index (κ3) is 10.5. The number of benzene rings is 2. The summed E-state index contributed by atoms with van der Waals surface area (Å²) in [6.45, 7) is 7.86. The number of nitrogens with one attached hydrogen (secondary N) is 1. The van der Waals surface area contributed by atoms with Gasteiger partial charge >= 0.3 is 12.1 Å². The van der Waals surface area contributed by atoms with Gasteiger partial charge in [-0.2, -0.15) is 0 Å². The molecule has 0 radical (unpaired) electrons. The molecule has 1 atom stereocenters. The van der Waals surface area contributed by atoms with Gasteiger partial charge in [-0.15, -0.1) is 0 Å². The highest BCUT2D eigenvalue weighted by Gasteiger charge is 2.29. The number of alkyl carbamates (subject to hydrolysis) is 1. The number of unbranched alkanes of at least 4 members (excludes halogenated alkanes) is 2. The number of ether oxygens (including phenoxy) is 4. The van der Waals surface area contributed by atoms with Gasteiger partial charge in [0.15, 0.2) is 11.5 Å². The van der Waals surface area contributed by atoms with Gasteiger partial charge in [-0.3, -0.25) is 5.32 Å². The first kappa shape index (κ1) is 28.9. The van der Waals surface area contributed by atoms with Gasteiger partial charge in [0.2, 0.25) is 0 Å². The van der Waals surface area contributed by atoms with Crippen molar-refractivity contribution >= 4 is 12.1 Å². The Bertz CT molecular complexity index is 966. The van der Waals surface area contributed by atoms with Gasteiger partial charge < -0.3 is 18.9 Å². The van der Waals surface area contributed by atoms with Crippen LogP contribution in [0.25, 0.3) is 0 Å². The summed E-state index contributed by atoms with van der Waals surface area (Å²) in [6, 6.07) is 19.3. The molecular weight excluding hydrogens is 458 g/mol. The van der Waals surface area contributed by atoms with Crippen LogP contribution in [-0.2, 0) is 37.0 Å². The molecule has 2 rings (SSSR count). The number of hydrogen-bond acceptors (Lipinski definition) is 6. The van der Waals surface area contributed by atoms with Crippen molar-refractivity contribution < 1.29 is 28.5 Å². The topological polar surface area (TPSA) is 83.1 Å². The predicted molar refractivity (Wildman–Crippen MR) is 139 cm³/mol. The Morgan fingerprint density at radius 2 is 1.47 bits per heavy atom. The number of hydrogen-bond donors (Lipinski definition) is 1. The Hall–Kier alpha value is -3.32. The number of methoxy groups -OCH3 is 1. The van der Waals surface area contributed by atoms with Crippen molar-refractivity contribution in [3.63, 3.8) is 0 Å². The third-order valence-corrected chi connectivity index (χ3v) is 5.16. The van der Waals surface area contributed by atoms with Crippen molar-refractivity contribution in [2.45, 2.75) is 78.3 Å². The molecule has 0 aliphatic carbocycles. The second-order valence-corrected chi connectivity index (χ2v) is 9.41. The van der Waals surface area contributed by atoms with E-state index in [1.807, 2.05) is 60.7 Å². The van der Waals surface area contributed by atoms with Crippen molar-refractivity contribution in [1.82, 2.24) is 5.32 Å². The highest BCUT2D eigenvalue weighted by atomic mass is 16.6. The van der Waals surface area contributed by atoms with Crippen LogP contribution in [0.1, 0.15) is 64.5 Å². The summed E-state index contributed by atoms with van der Waals surface area (Å²) in [5.74, 6) is -0.531. The second kappa shape index (κ2) is 14.9. The summed E-state index contributed by atoms with van der Waals surface area (Å²) < 4.78 is 22.9. The fourth-order valence-corrected chi connectivity index (χ4v) is 3.42. The molecule has 0 spiro atoms.